The van der Waals surface area contributed by atoms with Crippen molar-refractivity contribution in [3.63, 3.8) is 0 Å². The van der Waals surface area contributed by atoms with Gasteiger partial charge in [-0.3, -0.25) is 0 Å². The topological polar surface area (TPSA) is 27.7 Å². The fourth-order valence-corrected chi connectivity index (χ4v) is 5.46. The molecule has 0 amide bonds. The highest BCUT2D eigenvalue weighted by Crippen LogP contribution is 2.62. The maximum atomic E-state index is 6.28. The molecule has 4 heterocycles. The van der Waals surface area contributed by atoms with E-state index in [1.54, 1.807) is 0 Å². The van der Waals surface area contributed by atoms with Crippen molar-refractivity contribution in [2.45, 2.75) is 58.5 Å². The van der Waals surface area contributed by atoms with E-state index in [0.29, 0.717) is 11.8 Å². The fourth-order valence-electron chi connectivity index (χ4n) is 5.46. The van der Waals surface area contributed by atoms with Gasteiger partial charge < -0.3 is 14.2 Å². The summed E-state index contributed by atoms with van der Waals surface area (Å²) >= 11 is 0. The third-order valence-electron chi connectivity index (χ3n) is 6.53. The Morgan fingerprint density at radius 3 is 2.63 bits per heavy atom. The van der Waals surface area contributed by atoms with Crippen LogP contribution in [0.15, 0.2) is 0 Å². The maximum absolute atomic E-state index is 6.28. The van der Waals surface area contributed by atoms with Gasteiger partial charge in [0, 0.05) is 6.42 Å². The monoisotopic (exact) mass is 266 g/mol. The van der Waals surface area contributed by atoms with E-state index in [-0.39, 0.29) is 11.7 Å². The Labute approximate surface area is 116 Å². The summed E-state index contributed by atoms with van der Waals surface area (Å²) in [5, 5.41) is 0. The smallest absolute Gasteiger partial charge is 0.169 e. The molecule has 7 unspecified atom stereocenters. The number of hydrogen-bond donors (Lipinski definition) is 0. The summed E-state index contributed by atoms with van der Waals surface area (Å²) in [7, 11) is 0. The van der Waals surface area contributed by atoms with Gasteiger partial charge in [0.15, 0.2) is 12.1 Å². The van der Waals surface area contributed by atoms with Crippen LogP contribution in [0.5, 0.6) is 0 Å². The van der Waals surface area contributed by atoms with Crippen molar-refractivity contribution in [3.8, 4) is 0 Å². The van der Waals surface area contributed by atoms with E-state index in [4.69, 9.17) is 14.2 Å². The number of hydrogen-bond acceptors (Lipinski definition) is 3. The first-order valence-electron chi connectivity index (χ1n) is 7.98. The molecule has 0 aromatic carbocycles. The van der Waals surface area contributed by atoms with Gasteiger partial charge in [-0.05, 0) is 43.4 Å². The predicted molar refractivity (Wildman–Crippen MR) is 71.4 cm³/mol. The Morgan fingerprint density at radius 2 is 1.79 bits per heavy atom. The summed E-state index contributed by atoms with van der Waals surface area (Å²) in [6.07, 6.45) is 4.92. The van der Waals surface area contributed by atoms with Crippen molar-refractivity contribution in [3.05, 3.63) is 0 Å². The summed E-state index contributed by atoms with van der Waals surface area (Å²) in [5.74, 6) is 2.44. The van der Waals surface area contributed by atoms with Gasteiger partial charge >= 0.3 is 0 Å². The Balaban J connectivity index is 1.81. The summed E-state index contributed by atoms with van der Waals surface area (Å²) in [6.45, 7) is 8.57. The third kappa shape index (κ3) is 1.55. The molecule has 4 aliphatic heterocycles. The molecule has 7 atom stereocenters. The third-order valence-corrected chi connectivity index (χ3v) is 6.53. The minimum atomic E-state index is -0.405. The summed E-state index contributed by atoms with van der Waals surface area (Å²) in [6, 6.07) is 0. The first-order chi connectivity index (χ1) is 9.05. The van der Waals surface area contributed by atoms with Crippen LogP contribution in [-0.2, 0) is 14.2 Å². The average molecular weight is 266 g/mol. The van der Waals surface area contributed by atoms with Crippen LogP contribution in [0, 0.1) is 29.1 Å². The molecule has 0 aromatic heterocycles. The van der Waals surface area contributed by atoms with Crippen LogP contribution in [0.25, 0.3) is 0 Å². The molecule has 1 aliphatic carbocycles. The molecule has 3 heteroatoms. The van der Waals surface area contributed by atoms with E-state index < -0.39 is 5.79 Å². The zero-order valence-corrected chi connectivity index (χ0v) is 12.4. The molecule has 4 saturated heterocycles. The molecule has 5 aliphatic rings. The highest BCUT2D eigenvalue weighted by molar-refractivity contribution is 5.07. The summed E-state index contributed by atoms with van der Waals surface area (Å²) in [5.41, 5.74) is 0.130. The van der Waals surface area contributed by atoms with Crippen LogP contribution in [-0.4, -0.2) is 25.3 Å². The molecule has 19 heavy (non-hydrogen) atoms. The molecular formula is C16H26O3. The van der Waals surface area contributed by atoms with E-state index in [0.717, 1.165) is 31.5 Å². The van der Waals surface area contributed by atoms with Crippen molar-refractivity contribution >= 4 is 0 Å². The van der Waals surface area contributed by atoms with Crippen LogP contribution < -0.4 is 0 Å². The molecule has 1 saturated carbocycles. The van der Waals surface area contributed by atoms with Gasteiger partial charge in [0.1, 0.15) is 0 Å². The van der Waals surface area contributed by atoms with Gasteiger partial charge in [-0.2, -0.15) is 0 Å². The SMILES string of the molecule is CC1CCC2C(C)COC3OC4(C)CCC1C32CO4. The van der Waals surface area contributed by atoms with E-state index in [1.165, 1.54) is 19.3 Å². The van der Waals surface area contributed by atoms with Crippen molar-refractivity contribution in [2.75, 3.05) is 13.2 Å². The second kappa shape index (κ2) is 3.96. The zero-order valence-electron chi connectivity index (χ0n) is 12.4. The van der Waals surface area contributed by atoms with Crippen LogP contribution in [0.4, 0.5) is 0 Å². The van der Waals surface area contributed by atoms with Crippen LogP contribution in [0.1, 0.15) is 46.5 Å². The molecule has 0 aromatic rings. The van der Waals surface area contributed by atoms with E-state index in [2.05, 4.69) is 20.8 Å². The Morgan fingerprint density at radius 1 is 1.00 bits per heavy atom. The number of fused-ring (bicyclic) bond motifs is 2. The minimum absolute atomic E-state index is 0.0253. The summed E-state index contributed by atoms with van der Waals surface area (Å²) < 4.78 is 18.6. The second-order valence-corrected chi connectivity index (χ2v) is 7.60. The second-order valence-electron chi connectivity index (χ2n) is 7.60. The van der Waals surface area contributed by atoms with Crippen molar-refractivity contribution in [2.24, 2.45) is 29.1 Å². The number of ether oxygens (including phenoxy) is 3. The maximum Gasteiger partial charge on any atom is 0.169 e. The lowest BCUT2D eigenvalue weighted by Crippen LogP contribution is -2.64. The molecule has 1 spiro atoms. The lowest BCUT2D eigenvalue weighted by atomic mass is 9.52. The highest BCUT2D eigenvalue weighted by atomic mass is 16.8. The van der Waals surface area contributed by atoms with Crippen molar-refractivity contribution in [1.29, 1.82) is 0 Å². The van der Waals surface area contributed by atoms with Crippen LogP contribution in [0.2, 0.25) is 0 Å². The Hall–Kier alpha value is -0.120. The van der Waals surface area contributed by atoms with E-state index in [9.17, 15) is 0 Å². The van der Waals surface area contributed by atoms with Crippen molar-refractivity contribution < 1.29 is 14.2 Å². The van der Waals surface area contributed by atoms with E-state index in [1.807, 2.05) is 0 Å². The largest absolute Gasteiger partial charge is 0.352 e. The Bertz CT molecular complexity index is 384. The van der Waals surface area contributed by atoms with Gasteiger partial charge in [0.05, 0.1) is 18.6 Å². The first-order valence-corrected chi connectivity index (χ1v) is 7.98. The lowest BCUT2D eigenvalue weighted by Gasteiger charge is -2.60. The normalized spacial score (nSPS) is 60.5. The van der Waals surface area contributed by atoms with Crippen molar-refractivity contribution in [1.82, 2.24) is 0 Å². The van der Waals surface area contributed by atoms with Crippen LogP contribution >= 0.6 is 0 Å². The fraction of sp³-hybridized carbons (Fsp3) is 1.00. The van der Waals surface area contributed by atoms with Gasteiger partial charge in [-0.1, -0.05) is 20.3 Å². The predicted octanol–water partition coefficient (Wildman–Crippen LogP) is 3.18. The lowest BCUT2D eigenvalue weighted by molar-refractivity contribution is -0.411. The molecule has 2 bridgehead atoms. The van der Waals surface area contributed by atoms with Gasteiger partial charge in [0.2, 0.25) is 0 Å². The molecule has 108 valence electrons. The molecule has 0 radical (unpaired) electrons. The van der Waals surface area contributed by atoms with Gasteiger partial charge in [0.25, 0.3) is 0 Å². The molecule has 3 nitrogen and oxygen atoms in total. The van der Waals surface area contributed by atoms with Gasteiger partial charge in [-0.15, -0.1) is 0 Å². The molecule has 5 fully saturated rings. The standard InChI is InChI=1S/C16H26O3/c1-10-4-5-12-11(2)8-17-14-16(12)9-18-15(3,19-14)7-6-13(10)16/h10-14H,4-9H2,1-3H3. The zero-order chi connectivity index (χ0) is 13.3. The quantitative estimate of drug-likeness (QED) is 0.674. The van der Waals surface area contributed by atoms with E-state index >= 15 is 0 Å². The first kappa shape index (κ1) is 12.6. The van der Waals surface area contributed by atoms with Crippen LogP contribution in [0.3, 0.4) is 0 Å². The highest BCUT2D eigenvalue weighted by Gasteiger charge is 2.65. The van der Waals surface area contributed by atoms with Gasteiger partial charge in [-0.25, -0.2) is 0 Å². The molecule has 0 N–H and O–H groups in total. The molecular weight excluding hydrogens is 240 g/mol. The minimum Gasteiger partial charge on any atom is -0.352 e. The Kier molecular flexibility index (Phi) is 2.63. The number of rotatable bonds is 0. The average Bonchev–Trinajstić information content (AvgIpc) is 2.61. The summed E-state index contributed by atoms with van der Waals surface area (Å²) in [4.78, 5) is 0. The molecule has 5 rings (SSSR count).